The summed E-state index contributed by atoms with van der Waals surface area (Å²) < 4.78 is 30.1. The topological polar surface area (TPSA) is 76.0 Å². The molecular formula is C13H15NO4S. The number of hydrogen-bond donors (Lipinski definition) is 1. The molecule has 3 rings (SSSR count). The Morgan fingerprint density at radius 2 is 2.11 bits per heavy atom. The first-order valence-corrected chi connectivity index (χ1v) is 7.65. The standard InChI is InChI=1S/C13H15NO4S/c1-13(2)18-10-6-5-9(7-11(10)19(13,16)17)12(14-15)8-3-4-8/h5-8,15H,3-4H2,1-2H3/b14-12+. The molecule has 19 heavy (non-hydrogen) atoms. The minimum atomic E-state index is -3.51. The van der Waals surface area contributed by atoms with Gasteiger partial charge in [-0.25, -0.2) is 8.42 Å². The zero-order valence-corrected chi connectivity index (χ0v) is 11.6. The Balaban J connectivity index is 2.12. The number of rotatable bonds is 2. The van der Waals surface area contributed by atoms with Gasteiger partial charge in [0.05, 0.1) is 5.71 Å². The molecule has 0 aromatic heterocycles. The maximum Gasteiger partial charge on any atom is 0.222 e. The fourth-order valence-corrected chi connectivity index (χ4v) is 3.66. The maximum absolute atomic E-state index is 12.3. The summed E-state index contributed by atoms with van der Waals surface area (Å²) in [7, 11) is -3.51. The molecule has 1 N–H and O–H groups in total. The van der Waals surface area contributed by atoms with Crippen molar-refractivity contribution in [1.29, 1.82) is 0 Å². The van der Waals surface area contributed by atoms with Crippen molar-refractivity contribution in [2.45, 2.75) is 36.5 Å². The Hall–Kier alpha value is -1.56. The van der Waals surface area contributed by atoms with Gasteiger partial charge in [-0.2, -0.15) is 0 Å². The number of nitrogens with zero attached hydrogens (tertiary/aromatic N) is 1. The van der Waals surface area contributed by atoms with E-state index >= 15 is 0 Å². The van der Waals surface area contributed by atoms with Crippen molar-refractivity contribution in [3.8, 4) is 5.75 Å². The molecule has 1 saturated carbocycles. The zero-order chi connectivity index (χ0) is 13.8. The van der Waals surface area contributed by atoms with E-state index in [4.69, 9.17) is 9.94 Å². The summed E-state index contributed by atoms with van der Waals surface area (Å²) in [5.74, 6) is 0.600. The lowest BCUT2D eigenvalue weighted by Gasteiger charge is -2.15. The molecule has 1 aromatic rings. The molecule has 0 radical (unpaired) electrons. The van der Waals surface area contributed by atoms with Gasteiger partial charge in [0.2, 0.25) is 14.8 Å². The highest BCUT2D eigenvalue weighted by Gasteiger charge is 2.46. The highest BCUT2D eigenvalue weighted by Crippen LogP contribution is 2.43. The van der Waals surface area contributed by atoms with Gasteiger partial charge in [0, 0.05) is 11.5 Å². The van der Waals surface area contributed by atoms with Crippen LogP contribution in [0.1, 0.15) is 32.3 Å². The summed E-state index contributed by atoms with van der Waals surface area (Å²) in [6.45, 7) is 3.06. The van der Waals surface area contributed by atoms with Crippen LogP contribution in [0, 0.1) is 5.92 Å². The van der Waals surface area contributed by atoms with E-state index in [9.17, 15) is 8.42 Å². The fraction of sp³-hybridized carbons (Fsp3) is 0.462. The van der Waals surface area contributed by atoms with Crippen LogP contribution in [-0.4, -0.2) is 24.3 Å². The monoisotopic (exact) mass is 281 g/mol. The molecule has 1 fully saturated rings. The second-order valence-corrected chi connectivity index (χ2v) is 7.86. The Morgan fingerprint density at radius 3 is 2.68 bits per heavy atom. The number of benzene rings is 1. The Morgan fingerprint density at radius 1 is 1.42 bits per heavy atom. The largest absolute Gasteiger partial charge is 0.470 e. The summed E-state index contributed by atoms with van der Waals surface area (Å²) in [6.07, 6.45) is 1.95. The van der Waals surface area contributed by atoms with Crippen LogP contribution in [0.15, 0.2) is 28.3 Å². The van der Waals surface area contributed by atoms with E-state index in [0.29, 0.717) is 17.0 Å². The predicted octanol–water partition coefficient (Wildman–Crippen LogP) is 2.18. The first-order valence-electron chi connectivity index (χ1n) is 6.17. The highest BCUT2D eigenvalue weighted by atomic mass is 32.2. The van der Waals surface area contributed by atoms with Crippen LogP contribution < -0.4 is 4.74 Å². The average Bonchev–Trinajstić information content (AvgIpc) is 3.12. The van der Waals surface area contributed by atoms with Crippen molar-refractivity contribution in [3.05, 3.63) is 23.8 Å². The summed E-state index contributed by atoms with van der Waals surface area (Å²) >= 11 is 0. The third kappa shape index (κ3) is 1.74. The van der Waals surface area contributed by atoms with E-state index in [1.807, 2.05) is 0 Å². The third-order valence-electron chi connectivity index (χ3n) is 3.60. The van der Waals surface area contributed by atoms with Gasteiger partial charge >= 0.3 is 0 Å². The summed E-state index contributed by atoms with van der Waals surface area (Å²) in [5.41, 5.74) is 1.20. The molecule has 0 unspecified atom stereocenters. The van der Waals surface area contributed by atoms with E-state index in [0.717, 1.165) is 12.8 Å². The van der Waals surface area contributed by atoms with E-state index in [1.165, 1.54) is 13.8 Å². The molecule has 5 nitrogen and oxygen atoms in total. The molecule has 1 aliphatic heterocycles. The molecule has 1 heterocycles. The Labute approximate surface area is 111 Å². The Bertz CT molecular complexity index is 672. The summed E-state index contributed by atoms with van der Waals surface area (Å²) in [5, 5.41) is 12.4. The van der Waals surface area contributed by atoms with Crippen LogP contribution in [0.2, 0.25) is 0 Å². The van der Waals surface area contributed by atoms with Crippen molar-refractivity contribution < 1.29 is 18.4 Å². The maximum atomic E-state index is 12.3. The van der Waals surface area contributed by atoms with Crippen molar-refractivity contribution in [1.82, 2.24) is 0 Å². The molecule has 2 aliphatic rings. The zero-order valence-electron chi connectivity index (χ0n) is 10.8. The van der Waals surface area contributed by atoms with Gasteiger partial charge in [-0.05, 0) is 44.9 Å². The number of fused-ring (bicyclic) bond motifs is 1. The fourth-order valence-electron chi connectivity index (χ4n) is 2.28. The van der Waals surface area contributed by atoms with Crippen LogP contribution in [0.4, 0.5) is 0 Å². The second kappa shape index (κ2) is 3.72. The number of ether oxygens (including phenoxy) is 1. The minimum Gasteiger partial charge on any atom is -0.470 e. The highest BCUT2D eigenvalue weighted by molar-refractivity contribution is 7.93. The summed E-state index contributed by atoms with van der Waals surface area (Å²) in [6, 6.07) is 4.92. The molecule has 0 bridgehead atoms. The van der Waals surface area contributed by atoms with Crippen molar-refractivity contribution in [3.63, 3.8) is 0 Å². The van der Waals surface area contributed by atoms with E-state index in [2.05, 4.69) is 5.16 Å². The lowest BCUT2D eigenvalue weighted by Crippen LogP contribution is -2.32. The summed E-state index contributed by atoms with van der Waals surface area (Å²) in [4.78, 5) is -1.07. The van der Waals surface area contributed by atoms with Crippen LogP contribution in [0.5, 0.6) is 5.75 Å². The predicted molar refractivity (Wildman–Crippen MR) is 69.4 cm³/mol. The van der Waals surface area contributed by atoms with Gasteiger partial charge in [0.15, 0.2) is 0 Å². The quantitative estimate of drug-likeness (QED) is 0.512. The third-order valence-corrected chi connectivity index (χ3v) is 5.88. The first kappa shape index (κ1) is 12.5. The molecule has 0 spiro atoms. The van der Waals surface area contributed by atoms with E-state index < -0.39 is 14.8 Å². The normalized spacial score (nSPS) is 23.8. The van der Waals surface area contributed by atoms with Gasteiger partial charge in [-0.1, -0.05) is 5.16 Å². The van der Waals surface area contributed by atoms with E-state index in [-0.39, 0.29) is 10.8 Å². The lowest BCUT2D eigenvalue weighted by molar-refractivity contribution is 0.204. The van der Waals surface area contributed by atoms with Crippen LogP contribution >= 0.6 is 0 Å². The second-order valence-electron chi connectivity index (χ2n) is 5.43. The van der Waals surface area contributed by atoms with Crippen molar-refractivity contribution in [2.75, 3.05) is 0 Å². The van der Waals surface area contributed by atoms with Gasteiger partial charge in [0.25, 0.3) is 0 Å². The molecule has 102 valence electrons. The SMILES string of the molecule is CC1(C)Oc2ccc(/C(=N/O)C3CC3)cc2S1(=O)=O. The van der Waals surface area contributed by atoms with Crippen LogP contribution in [-0.2, 0) is 9.84 Å². The van der Waals surface area contributed by atoms with Gasteiger partial charge < -0.3 is 9.94 Å². The van der Waals surface area contributed by atoms with Gasteiger partial charge in [-0.3, -0.25) is 0 Å². The van der Waals surface area contributed by atoms with Crippen molar-refractivity contribution >= 4 is 15.5 Å². The molecule has 0 saturated heterocycles. The minimum absolute atomic E-state index is 0.178. The molecule has 1 aliphatic carbocycles. The average molecular weight is 281 g/mol. The molecule has 6 heteroatoms. The molecule has 0 amide bonds. The Kier molecular flexibility index (Phi) is 2.44. The van der Waals surface area contributed by atoms with Gasteiger partial charge in [-0.15, -0.1) is 0 Å². The number of sulfone groups is 1. The molecule has 1 aromatic carbocycles. The van der Waals surface area contributed by atoms with Crippen molar-refractivity contribution in [2.24, 2.45) is 11.1 Å². The first-order chi connectivity index (χ1) is 8.87. The lowest BCUT2D eigenvalue weighted by atomic mass is 10.1. The smallest absolute Gasteiger partial charge is 0.222 e. The molecular weight excluding hydrogens is 266 g/mol. The van der Waals surface area contributed by atoms with Crippen LogP contribution in [0.3, 0.4) is 0 Å². The molecule has 0 atom stereocenters. The number of oxime groups is 1. The number of hydrogen-bond acceptors (Lipinski definition) is 5. The van der Waals surface area contributed by atoms with Gasteiger partial charge in [0.1, 0.15) is 10.6 Å². The van der Waals surface area contributed by atoms with E-state index in [1.54, 1.807) is 18.2 Å². The van der Waals surface area contributed by atoms with Crippen LogP contribution in [0.25, 0.3) is 0 Å².